The monoisotopic (exact) mass is 399 g/mol. The summed E-state index contributed by atoms with van der Waals surface area (Å²) >= 11 is 3.79. The average Bonchev–Trinajstić information content (AvgIpc) is 2.66. The van der Waals surface area contributed by atoms with E-state index in [1.165, 1.54) is 6.07 Å². The van der Waals surface area contributed by atoms with Gasteiger partial charge in [-0.3, -0.25) is 0 Å². The van der Waals surface area contributed by atoms with Crippen LogP contribution in [0.4, 0.5) is 13.2 Å². The topological polar surface area (TPSA) is 66.4 Å². The molecule has 1 aromatic heterocycles. The highest BCUT2D eigenvalue weighted by Crippen LogP contribution is 2.32. The summed E-state index contributed by atoms with van der Waals surface area (Å²) in [6.07, 6.45) is 0. The molecule has 1 heterocycles. The summed E-state index contributed by atoms with van der Waals surface area (Å²) in [6.45, 7) is -0.633. The maximum Gasteiger partial charge on any atom is 0.441 e. The van der Waals surface area contributed by atoms with Crippen molar-refractivity contribution in [3.63, 3.8) is 0 Å². The SMILES string of the molecule is O=S(=O)(NCCSC(F)(F)F)c1cc(CO)sc1Br. The lowest BCUT2D eigenvalue weighted by molar-refractivity contribution is -0.0327. The normalized spacial score (nSPS) is 12.9. The van der Waals surface area contributed by atoms with Gasteiger partial charge in [0.25, 0.3) is 0 Å². The summed E-state index contributed by atoms with van der Waals surface area (Å²) in [5.74, 6) is -0.405. The van der Waals surface area contributed by atoms with Crippen LogP contribution in [0.25, 0.3) is 0 Å². The first-order chi connectivity index (χ1) is 8.65. The van der Waals surface area contributed by atoms with Gasteiger partial charge < -0.3 is 5.11 Å². The van der Waals surface area contributed by atoms with E-state index in [1.54, 1.807) is 0 Å². The van der Waals surface area contributed by atoms with Crippen LogP contribution in [0.15, 0.2) is 14.7 Å². The van der Waals surface area contributed by atoms with Crippen LogP contribution >= 0.6 is 39.0 Å². The molecular weight excluding hydrogens is 391 g/mol. The summed E-state index contributed by atoms with van der Waals surface area (Å²) in [5.41, 5.74) is -4.38. The number of halogens is 4. The summed E-state index contributed by atoms with van der Waals surface area (Å²) in [7, 11) is -3.88. The third-order valence-electron chi connectivity index (χ3n) is 1.81. The molecule has 0 amide bonds. The lowest BCUT2D eigenvalue weighted by Gasteiger charge is -2.07. The zero-order valence-corrected chi connectivity index (χ0v) is 13.2. The molecule has 0 unspecified atom stereocenters. The van der Waals surface area contributed by atoms with E-state index in [0.29, 0.717) is 8.66 Å². The van der Waals surface area contributed by atoms with Gasteiger partial charge in [0.05, 0.1) is 10.4 Å². The van der Waals surface area contributed by atoms with Crippen LogP contribution in [0.1, 0.15) is 4.88 Å². The Balaban J connectivity index is 2.63. The molecule has 1 aromatic rings. The molecule has 4 nitrogen and oxygen atoms in total. The van der Waals surface area contributed by atoms with Crippen LogP contribution in [0.3, 0.4) is 0 Å². The fraction of sp³-hybridized carbons (Fsp3) is 0.500. The molecule has 0 atom stereocenters. The number of hydrogen-bond donors (Lipinski definition) is 2. The van der Waals surface area contributed by atoms with Gasteiger partial charge in [-0.15, -0.1) is 11.3 Å². The molecule has 2 N–H and O–H groups in total. The second-order valence-electron chi connectivity index (χ2n) is 3.20. The second kappa shape index (κ2) is 6.76. The number of rotatable bonds is 6. The Kier molecular flexibility index (Phi) is 6.14. The van der Waals surface area contributed by atoms with Crippen molar-refractivity contribution >= 4 is 49.1 Å². The van der Waals surface area contributed by atoms with E-state index >= 15 is 0 Å². The van der Waals surface area contributed by atoms with Crippen molar-refractivity contribution in [1.82, 2.24) is 4.72 Å². The van der Waals surface area contributed by atoms with Crippen LogP contribution in [0, 0.1) is 0 Å². The number of thiophene rings is 1. The Labute approximate surface area is 124 Å². The molecule has 1 rings (SSSR count). The van der Waals surface area contributed by atoms with Crippen molar-refractivity contribution in [2.24, 2.45) is 0 Å². The van der Waals surface area contributed by atoms with Crippen LogP contribution in [0.5, 0.6) is 0 Å². The molecule has 0 aliphatic carbocycles. The molecule has 0 saturated heterocycles. The molecule has 0 bridgehead atoms. The van der Waals surface area contributed by atoms with Crippen molar-refractivity contribution in [2.45, 2.75) is 17.0 Å². The maximum atomic E-state index is 11.9. The van der Waals surface area contributed by atoms with Gasteiger partial charge in [-0.2, -0.15) is 13.2 Å². The maximum absolute atomic E-state index is 11.9. The number of thioether (sulfide) groups is 1. The molecule has 0 saturated carbocycles. The Bertz CT molecular complexity index is 529. The largest absolute Gasteiger partial charge is 0.441 e. The van der Waals surface area contributed by atoms with Gasteiger partial charge in [-0.05, 0) is 33.8 Å². The highest BCUT2D eigenvalue weighted by Gasteiger charge is 2.28. The molecule has 0 aliphatic heterocycles. The van der Waals surface area contributed by atoms with E-state index in [4.69, 9.17) is 5.11 Å². The Morgan fingerprint density at radius 1 is 1.47 bits per heavy atom. The minimum atomic E-state index is -4.38. The first-order valence-corrected chi connectivity index (χ1v) is 8.83. The van der Waals surface area contributed by atoms with Crippen LogP contribution < -0.4 is 4.72 Å². The van der Waals surface area contributed by atoms with Gasteiger partial charge in [0.15, 0.2) is 0 Å². The predicted octanol–water partition coefficient (Wildman–Crippen LogP) is 2.53. The van der Waals surface area contributed by atoms with Gasteiger partial charge in [0, 0.05) is 17.2 Å². The van der Waals surface area contributed by atoms with Crippen molar-refractivity contribution in [3.8, 4) is 0 Å². The third-order valence-corrected chi connectivity index (χ3v) is 6.25. The number of hydrogen-bond acceptors (Lipinski definition) is 5. The highest BCUT2D eigenvalue weighted by atomic mass is 79.9. The first kappa shape index (κ1) is 17.2. The van der Waals surface area contributed by atoms with Gasteiger partial charge in [0.2, 0.25) is 10.0 Å². The summed E-state index contributed by atoms with van der Waals surface area (Å²) in [6, 6.07) is 1.27. The predicted molar refractivity (Wildman–Crippen MR) is 71.6 cm³/mol. The Morgan fingerprint density at radius 3 is 2.58 bits per heavy atom. The van der Waals surface area contributed by atoms with E-state index in [-0.39, 0.29) is 29.8 Å². The molecular formula is C8H9BrF3NO3S3. The average molecular weight is 400 g/mol. The van der Waals surface area contributed by atoms with Gasteiger partial charge >= 0.3 is 5.51 Å². The Morgan fingerprint density at radius 2 is 2.11 bits per heavy atom. The summed E-state index contributed by atoms with van der Waals surface area (Å²) < 4.78 is 61.6. The van der Waals surface area contributed by atoms with Crippen molar-refractivity contribution < 1.29 is 26.7 Å². The lowest BCUT2D eigenvalue weighted by Crippen LogP contribution is -2.26. The molecule has 0 aliphatic rings. The van der Waals surface area contributed by atoms with E-state index in [1.807, 2.05) is 0 Å². The van der Waals surface area contributed by atoms with Gasteiger partial charge in [-0.25, -0.2) is 13.1 Å². The molecule has 0 spiro atoms. The first-order valence-electron chi connectivity index (χ1n) is 4.75. The fourth-order valence-electron chi connectivity index (χ4n) is 1.08. The fourth-order valence-corrected chi connectivity index (χ4v) is 5.22. The lowest BCUT2D eigenvalue weighted by atomic mass is 10.5. The van der Waals surface area contributed by atoms with Crippen molar-refractivity contribution in [2.75, 3.05) is 12.3 Å². The third kappa shape index (κ3) is 5.60. The van der Waals surface area contributed by atoms with Crippen LogP contribution in [-0.4, -0.2) is 31.3 Å². The molecule has 0 radical (unpaired) electrons. The number of alkyl halides is 3. The quantitative estimate of drug-likeness (QED) is 0.721. The highest BCUT2D eigenvalue weighted by molar-refractivity contribution is 9.11. The summed E-state index contributed by atoms with van der Waals surface area (Å²) in [5, 5.41) is 8.89. The Hall–Kier alpha value is 0.190. The van der Waals surface area contributed by atoms with Crippen molar-refractivity contribution in [1.29, 1.82) is 0 Å². The molecule has 0 fully saturated rings. The van der Waals surface area contributed by atoms with Crippen LogP contribution in [-0.2, 0) is 16.6 Å². The van der Waals surface area contributed by atoms with E-state index in [2.05, 4.69) is 20.7 Å². The molecule has 0 aromatic carbocycles. The molecule has 11 heteroatoms. The number of sulfonamides is 1. The standard InChI is InChI=1S/C8H9BrF3NO3S3/c9-7-6(3-5(4-14)18-7)19(15,16)13-1-2-17-8(10,11)12/h3,13-14H,1-2,4H2. The minimum absolute atomic E-state index is 0.0847. The molecule has 19 heavy (non-hydrogen) atoms. The van der Waals surface area contributed by atoms with E-state index in [9.17, 15) is 21.6 Å². The zero-order valence-electron chi connectivity index (χ0n) is 9.20. The molecule has 110 valence electrons. The zero-order chi connectivity index (χ0) is 14.7. The van der Waals surface area contributed by atoms with Crippen molar-refractivity contribution in [3.05, 3.63) is 14.7 Å². The van der Waals surface area contributed by atoms with Gasteiger partial charge in [0.1, 0.15) is 4.90 Å². The summed E-state index contributed by atoms with van der Waals surface area (Å²) in [4.78, 5) is 0.357. The number of aliphatic hydroxyl groups is 1. The number of aliphatic hydroxyl groups excluding tert-OH is 1. The van der Waals surface area contributed by atoms with E-state index < -0.39 is 21.3 Å². The van der Waals surface area contributed by atoms with Gasteiger partial charge in [-0.1, -0.05) is 0 Å². The minimum Gasteiger partial charge on any atom is -0.391 e. The van der Waals surface area contributed by atoms with E-state index in [0.717, 1.165) is 11.3 Å². The second-order valence-corrected chi connectivity index (χ2v) is 8.55. The van der Waals surface area contributed by atoms with Crippen LogP contribution in [0.2, 0.25) is 0 Å². The number of nitrogens with one attached hydrogen (secondary N) is 1. The smallest absolute Gasteiger partial charge is 0.391 e.